The van der Waals surface area contributed by atoms with Crippen molar-refractivity contribution >= 4 is 17.3 Å². The third-order valence-corrected chi connectivity index (χ3v) is 5.64. The number of amides is 1. The molecule has 1 aromatic carbocycles. The Bertz CT molecular complexity index is 875. The number of hydrogen-bond donors (Lipinski definition) is 0. The van der Waals surface area contributed by atoms with Crippen LogP contribution in [0, 0.1) is 10.1 Å². The van der Waals surface area contributed by atoms with Crippen LogP contribution in [0.4, 0.5) is 11.4 Å². The van der Waals surface area contributed by atoms with Crippen molar-refractivity contribution in [3.63, 3.8) is 0 Å². The summed E-state index contributed by atoms with van der Waals surface area (Å²) in [5.74, 6) is -0.140. The molecule has 0 radical (unpaired) electrons. The van der Waals surface area contributed by atoms with Gasteiger partial charge in [-0.2, -0.15) is 0 Å². The molecule has 152 valence electrons. The normalized spacial score (nSPS) is 17.5. The van der Waals surface area contributed by atoms with Crippen LogP contribution in [-0.2, 0) is 6.54 Å². The van der Waals surface area contributed by atoms with Crippen LogP contribution in [0.3, 0.4) is 0 Å². The van der Waals surface area contributed by atoms with Crippen molar-refractivity contribution in [2.75, 3.05) is 44.2 Å². The van der Waals surface area contributed by atoms with E-state index in [2.05, 4.69) is 9.88 Å². The first-order chi connectivity index (χ1) is 14.1. The van der Waals surface area contributed by atoms with Gasteiger partial charge in [0.15, 0.2) is 0 Å². The second-order valence-corrected chi connectivity index (χ2v) is 7.54. The molecule has 0 N–H and O–H groups in total. The summed E-state index contributed by atoms with van der Waals surface area (Å²) in [4.78, 5) is 34.6. The van der Waals surface area contributed by atoms with Gasteiger partial charge >= 0.3 is 0 Å². The Balaban J connectivity index is 1.42. The first-order valence-corrected chi connectivity index (χ1v) is 10.1. The SMILES string of the molecule is O=C(c1ccc(N2CCCC2)c([N+](=O)[O-])c1)N1CCN(Cc2ccccn2)CC1. The van der Waals surface area contributed by atoms with Crippen molar-refractivity contribution in [2.24, 2.45) is 0 Å². The monoisotopic (exact) mass is 395 g/mol. The molecule has 2 aliphatic heterocycles. The Hall–Kier alpha value is -3.00. The standard InChI is InChI=1S/C21H25N5O3/c27-21(25-13-11-23(12-14-25)16-18-5-1-2-8-22-18)17-6-7-19(20(15-17)26(28)29)24-9-3-4-10-24/h1-2,5-8,15H,3-4,9-14,16H2. The molecule has 29 heavy (non-hydrogen) atoms. The van der Waals surface area contributed by atoms with Crippen LogP contribution in [-0.4, -0.2) is 64.9 Å². The number of aromatic nitrogens is 1. The minimum Gasteiger partial charge on any atom is -0.366 e. The Morgan fingerprint density at radius 1 is 1.03 bits per heavy atom. The number of hydrogen-bond acceptors (Lipinski definition) is 6. The summed E-state index contributed by atoms with van der Waals surface area (Å²) < 4.78 is 0. The van der Waals surface area contributed by atoms with E-state index in [9.17, 15) is 14.9 Å². The van der Waals surface area contributed by atoms with E-state index in [1.807, 2.05) is 23.1 Å². The zero-order valence-electron chi connectivity index (χ0n) is 16.4. The van der Waals surface area contributed by atoms with Crippen LogP contribution in [0.25, 0.3) is 0 Å². The lowest BCUT2D eigenvalue weighted by Gasteiger charge is -2.34. The lowest BCUT2D eigenvalue weighted by Crippen LogP contribution is -2.48. The highest BCUT2D eigenvalue weighted by atomic mass is 16.6. The smallest absolute Gasteiger partial charge is 0.293 e. The minimum absolute atomic E-state index is 0.0199. The zero-order chi connectivity index (χ0) is 20.2. The molecule has 1 aromatic heterocycles. The van der Waals surface area contributed by atoms with Crippen molar-refractivity contribution in [1.29, 1.82) is 0 Å². The van der Waals surface area contributed by atoms with Crippen LogP contribution >= 0.6 is 0 Å². The van der Waals surface area contributed by atoms with Crippen LogP contribution in [0.2, 0.25) is 0 Å². The summed E-state index contributed by atoms with van der Waals surface area (Å²) >= 11 is 0. The quantitative estimate of drug-likeness (QED) is 0.572. The first kappa shape index (κ1) is 19.3. The Labute approximate surface area is 169 Å². The topological polar surface area (TPSA) is 82.8 Å². The molecule has 0 bridgehead atoms. The molecule has 2 saturated heterocycles. The van der Waals surface area contributed by atoms with Gasteiger partial charge in [0.05, 0.1) is 10.6 Å². The Morgan fingerprint density at radius 2 is 1.79 bits per heavy atom. The fraction of sp³-hybridized carbons (Fsp3) is 0.429. The average Bonchev–Trinajstić information content (AvgIpc) is 3.29. The van der Waals surface area contributed by atoms with Crippen LogP contribution in [0.15, 0.2) is 42.6 Å². The maximum absolute atomic E-state index is 12.9. The van der Waals surface area contributed by atoms with E-state index in [-0.39, 0.29) is 16.5 Å². The predicted molar refractivity (Wildman–Crippen MR) is 110 cm³/mol. The van der Waals surface area contributed by atoms with Gasteiger partial charge in [-0.3, -0.25) is 24.8 Å². The number of anilines is 1. The molecule has 4 rings (SSSR count). The summed E-state index contributed by atoms with van der Waals surface area (Å²) in [6, 6.07) is 10.8. The Morgan fingerprint density at radius 3 is 2.45 bits per heavy atom. The molecule has 0 unspecified atom stereocenters. The number of rotatable bonds is 5. The number of nitro benzene ring substituents is 1. The fourth-order valence-electron chi connectivity index (χ4n) is 4.04. The summed E-state index contributed by atoms with van der Waals surface area (Å²) in [5, 5.41) is 11.6. The number of carbonyl (C=O) groups excluding carboxylic acids is 1. The van der Waals surface area contributed by atoms with Crippen molar-refractivity contribution in [2.45, 2.75) is 19.4 Å². The fourth-order valence-corrected chi connectivity index (χ4v) is 4.04. The van der Waals surface area contributed by atoms with E-state index in [0.717, 1.165) is 51.3 Å². The van der Waals surface area contributed by atoms with E-state index < -0.39 is 0 Å². The van der Waals surface area contributed by atoms with Crippen LogP contribution in [0.5, 0.6) is 0 Å². The Kier molecular flexibility index (Phi) is 5.71. The van der Waals surface area contributed by atoms with E-state index in [1.54, 1.807) is 23.2 Å². The van der Waals surface area contributed by atoms with E-state index in [4.69, 9.17) is 0 Å². The molecule has 2 aromatic rings. The molecular weight excluding hydrogens is 370 g/mol. The summed E-state index contributed by atoms with van der Waals surface area (Å²) in [6.45, 7) is 5.14. The number of benzene rings is 1. The molecule has 2 aliphatic rings. The van der Waals surface area contributed by atoms with E-state index in [1.165, 1.54) is 6.07 Å². The molecule has 1 amide bonds. The number of carbonyl (C=O) groups is 1. The second-order valence-electron chi connectivity index (χ2n) is 7.54. The largest absolute Gasteiger partial charge is 0.366 e. The number of nitro groups is 1. The van der Waals surface area contributed by atoms with Crippen LogP contribution < -0.4 is 4.90 Å². The van der Waals surface area contributed by atoms with Gasteiger partial charge in [-0.25, -0.2) is 0 Å². The van der Waals surface area contributed by atoms with Gasteiger partial charge in [-0.05, 0) is 37.1 Å². The summed E-state index contributed by atoms with van der Waals surface area (Å²) in [5.41, 5.74) is 2.04. The van der Waals surface area contributed by atoms with Gasteiger partial charge in [0.2, 0.25) is 0 Å². The van der Waals surface area contributed by atoms with Crippen LogP contribution in [0.1, 0.15) is 28.9 Å². The zero-order valence-corrected chi connectivity index (χ0v) is 16.4. The molecule has 0 aliphatic carbocycles. The predicted octanol–water partition coefficient (Wildman–Crippen LogP) is 2.55. The molecule has 8 heteroatoms. The molecular formula is C21H25N5O3. The van der Waals surface area contributed by atoms with Gasteiger partial charge in [-0.1, -0.05) is 6.07 Å². The molecule has 0 spiro atoms. The van der Waals surface area contributed by atoms with E-state index >= 15 is 0 Å². The highest BCUT2D eigenvalue weighted by Gasteiger charge is 2.27. The number of pyridine rings is 1. The highest BCUT2D eigenvalue weighted by molar-refractivity contribution is 5.96. The molecule has 3 heterocycles. The summed E-state index contributed by atoms with van der Waals surface area (Å²) in [7, 11) is 0. The van der Waals surface area contributed by atoms with Crippen molar-refractivity contribution in [3.8, 4) is 0 Å². The van der Waals surface area contributed by atoms with E-state index in [0.29, 0.717) is 24.3 Å². The number of nitrogens with zero attached hydrogens (tertiary/aromatic N) is 5. The van der Waals surface area contributed by atoms with Crippen molar-refractivity contribution < 1.29 is 9.72 Å². The van der Waals surface area contributed by atoms with Gasteiger partial charge in [0.25, 0.3) is 11.6 Å². The molecule has 8 nitrogen and oxygen atoms in total. The maximum Gasteiger partial charge on any atom is 0.293 e. The highest BCUT2D eigenvalue weighted by Crippen LogP contribution is 2.32. The molecule has 2 fully saturated rings. The average molecular weight is 395 g/mol. The third-order valence-electron chi connectivity index (χ3n) is 5.64. The third kappa shape index (κ3) is 4.37. The molecule has 0 atom stereocenters. The van der Waals surface area contributed by atoms with Crippen molar-refractivity contribution in [1.82, 2.24) is 14.8 Å². The lowest BCUT2D eigenvalue weighted by atomic mass is 10.1. The van der Waals surface area contributed by atoms with Gasteiger partial charge in [-0.15, -0.1) is 0 Å². The summed E-state index contributed by atoms with van der Waals surface area (Å²) in [6.07, 6.45) is 3.87. The lowest BCUT2D eigenvalue weighted by molar-refractivity contribution is -0.384. The first-order valence-electron chi connectivity index (χ1n) is 10.1. The van der Waals surface area contributed by atoms with Gasteiger partial charge < -0.3 is 9.80 Å². The second kappa shape index (κ2) is 8.57. The molecule has 0 saturated carbocycles. The maximum atomic E-state index is 12.9. The minimum atomic E-state index is -0.380. The van der Waals surface area contributed by atoms with Gasteiger partial charge in [0.1, 0.15) is 5.69 Å². The van der Waals surface area contributed by atoms with Gasteiger partial charge in [0, 0.05) is 63.6 Å². The number of piperazine rings is 1. The van der Waals surface area contributed by atoms with Crippen molar-refractivity contribution in [3.05, 3.63) is 64.0 Å².